The summed E-state index contributed by atoms with van der Waals surface area (Å²) in [5.41, 5.74) is 3.29. The van der Waals surface area contributed by atoms with Crippen molar-refractivity contribution in [3.63, 3.8) is 0 Å². The molecule has 28 heavy (non-hydrogen) atoms. The van der Waals surface area contributed by atoms with Crippen LogP contribution >= 0.6 is 0 Å². The molecule has 1 amide bonds. The Bertz CT molecular complexity index is 832. The van der Waals surface area contributed by atoms with Gasteiger partial charge in [-0.3, -0.25) is 14.6 Å². The first-order chi connectivity index (χ1) is 13.7. The molecule has 0 unspecified atom stereocenters. The van der Waals surface area contributed by atoms with Crippen molar-refractivity contribution in [2.75, 3.05) is 36.5 Å². The third-order valence-corrected chi connectivity index (χ3v) is 6.03. The van der Waals surface area contributed by atoms with Crippen LogP contribution < -0.4 is 14.5 Å². The Labute approximate surface area is 167 Å². The topological polar surface area (TPSA) is 36.0 Å². The van der Waals surface area contributed by atoms with E-state index in [0.29, 0.717) is 0 Å². The number of carbonyl (C=O) groups is 1. The summed E-state index contributed by atoms with van der Waals surface area (Å²) in [7, 11) is 1.66. The van der Waals surface area contributed by atoms with Crippen LogP contribution in [0.5, 0.6) is 5.75 Å². The van der Waals surface area contributed by atoms with Crippen LogP contribution in [0.1, 0.15) is 38.4 Å². The van der Waals surface area contributed by atoms with Crippen LogP contribution in [-0.2, 0) is 4.79 Å². The molecule has 2 aromatic rings. The van der Waals surface area contributed by atoms with Crippen LogP contribution in [-0.4, -0.2) is 43.6 Å². The number of hydrogen-bond acceptors (Lipinski definition) is 4. The third kappa shape index (κ3) is 3.14. The zero-order valence-corrected chi connectivity index (χ0v) is 17.0. The molecule has 2 heterocycles. The third-order valence-electron chi connectivity index (χ3n) is 6.03. The average molecular weight is 380 g/mol. The van der Waals surface area contributed by atoms with Crippen molar-refractivity contribution in [1.29, 1.82) is 0 Å². The van der Waals surface area contributed by atoms with Crippen LogP contribution in [0, 0.1) is 0 Å². The number of methoxy groups -OCH3 is 1. The van der Waals surface area contributed by atoms with Crippen molar-refractivity contribution in [2.45, 2.75) is 38.9 Å². The Morgan fingerprint density at radius 3 is 2.54 bits per heavy atom. The molecule has 2 aromatic carbocycles. The second kappa shape index (κ2) is 7.84. The van der Waals surface area contributed by atoms with E-state index in [-0.39, 0.29) is 18.1 Å². The summed E-state index contributed by atoms with van der Waals surface area (Å²) in [6.45, 7) is 7.28. The maximum atomic E-state index is 13.3. The minimum atomic E-state index is -0.0575. The van der Waals surface area contributed by atoms with E-state index in [0.717, 1.165) is 49.5 Å². The Morgan fingerprint density at radius 1 is 1.11 bits per heavy atom. The van der Waals surface area contributed by atoms with Crippen molar-refractivity contribution in [2.24, 2.45) is 0 Å². The lowest BCUT2D eigenvalue weighted by Crippen LogP contribution is -2.32. The zero-order chi connectivity index (χ0) is 19.7. The second-order valence-electron chi connectivity index (χ2n) is 7.44. The number of amides is 1. The number of nitrogens with zero attached hydrogens (tertiary/aromatic N) is 3. The highest BCUT2D eigenvalue weighted by Crippen LogP contribution is 2.43. The van der Waals surface area contributed by atoms with Gasteiger partial charge >= 0.3 is 0 Å². The molecule has 2 aliphatic heterocycles. The molecule has 2 atom stereocenters. The highest BCUT2D eigenvalue weighted by atomic mass is 16.5. The van der Waals surface area contributed by atoms with Crippen molar-refractivity contribution in [3.8, 4) is 5.75 Å². The fraction of sp³-hybridized carbons (Fsp3) is 0.435. The fourth-order valence-electron chi connectivity index (χ4n) is 4.59. The van der Waals surface area contributed by atoms with Gasteiger partial charge < -0.3 is 9.64 Å². The summed E-state index contributed by atoms with van der Waals surface area (Å²) in [5, 5.41) is 0. The Morgan fingerprint density at radius 2 is 1.86 bits per heavy atom. The number of rotatable bonds is 6. The van der Waals surface area contributed by atoms with Crippen molar-refractivity contribution in [1.82, 2.24) is 4.90 Å². The molecule has 148 valence electrons. The minimum Gasteiger partial charge on any atom is -0.497 e. The summed E-state index contributed by atoms with van der Waals surface area (Å²) in [6.07, 6.45) is 1.96. The van der Waals surface area contributed by atoms with Gasteiger partial charge in [-0.25, -0.2) is 0 Å². The predicted molar refractivity (Wildman–Crippen MR) is 113 cm³/mol. The molecule has 0 spiro atoms. The van der Waals surface area contributed by atoms with E-state index >= 15 is 0 Å². The highest BCUT2D eigenvalue weighted by molar-refractivity contribution is 6.00. The van der Waals surface area contributed by atoms with Crippen LogP contribution in [0.25, 0.3) is 0 Å². The monoisotopic (exact) mass is 379 g/mol. The lowest BCUT2D eigenvalue weighted by molar-refractivity contribution is -0.119. The smallest absolute Gasteiger partial charge is 0.246 e. The number of anilines is 2. The van der Waals surface area contributed by atoms with E-state index in [1.807, 2.05) is 29.2 Å². The second-order valence-corrected chi connectivity index (χ2v) is 7.44. The number of benzene rings is 2. The molecule has 0 N–H and O–H groups in total. The number of carbonyl (C=O) groups excluding carboxylic acids is 1. The minimum absolute atomic E-state index is 0.0151. The lowest BCUT2D eigenvalue weighted by atomic mass is 10.1. The fourth-order valence-corrected chi connectivity index (χ4v) is 4.59. The summed E-state index contributed by atoms with van der Waals surface area (Å²) in [6, 6.07) is 16.5. The van der Waals surface area contributed by atoms with Gasteiger partial charge in [0.05, 0.1) is 13.2 Å². The number of hydrogen-bond donors (Lipinski definition) is 0. The van der Waals surface area contributed by atoms with Gasteiger partial charge in [0.1, 0.15) is 11.9 Å². The van der Waals surface area contributed by atoms with Crippen LogP contribution in [0.3, 0.4) is 0 Å². The molecule has 0 saturated carbocycles. The first-order valence-electron chi connectivity index (χ1n) is 10.3. The molecule has 2 fully saturated rings. The highest BCUT2D eigenvalue weighted by Gasteiger charge is 2.49. The Kier molecular flexibility index (Phi) is 5.27. The molecule has 4 rings (SSSR count). The molecule has 0 bridgehead atoms. The molecule has 2 aliphatic rings. The van der Waals surface area contributed by atoms with Crippen LogP contribution in [0.15, 0.2) is 48.5 Å². The van der Waals surface area contributed by atoms with E-state index in [2.05, 4.69) is 47.9 Å². The molecule has 0 aliphatic carbocycles. The van der Waals surface area contributed by atoms with Crippen LogP contribution in [0.2, 0.25) is 0 Å². The molecular formula is C23H29N3O2. The quantitative estimate of drug-likeness (QED) is 0.759. The van der Waals surface area contributed by atoms with E-state index in [9.17, 15) is 4.79 Å². The van der Waals surface area contributed by atoms with Crippen molar-refractivity contribution in [3.05, 3.63) is 54.1 Å². The standard InChI is InChI=1S/C23H29N3O2/c1-4-24(5-2)18-13-11-17(12-14-18)22-25-15-7-10-21(25)23(27)26(22)19-8-6-9-20(16-19)28-3/h6,8-9,11-14,16,21-22H,4-5,7,10,15H2,1-3H3/t21-,22+/m0/s1. The van der Waals surface area contributed by atoms with Gasteiger partial charge in [-0.15, -0.1) is 0 Å². The molecule has 0 aromatic heterocycles. The van der Waals surface area contributed by atoms with Gasteiger partial charge in [-0.05, 0) is 56.5 Å². The van der Waals surface area contributed by atoms with Crippen molar-refractivity contribution < 1.29 is 9.53 Å². The largest absolute Gasteiger partial charge is 0.497 e. The SMILES string of the molecule is CCN(CC)c1ccc([C@H]2N(c3cccc(OC)c3)C(=O)[C@@H]3CCCN32)cc1. The van der Waals surface area contributed by atoms with E-state index in [4.69, 9.17) is 4.74 Å². The number of ether oxygens (including phenoxy) is 1. The zero-order valence-electron chi connectivity index (χ0n) is 17.0. The Hall–Kier alpha value is -2.53. The summed E-state index contributed by atoms with van der Waals surface area (Å²) < 4.78 is 5.39. The summed E-state index contributed by atoms with van der Waals surface area (Å²) >= 11 is 0. The maximum Gasteiger partial charge on any atom is 0.246 e. The first-order valence-corrected chi connectivity index (χ1v) is 10.3. The van der Waals surface area contributed by atoms with Crippen molar-refractivity contribution >= 4 is 17.3 Å². The normalized spacial score (nSPS) is 21.8. The van der Waals surface area contributed by atoms with Gasteiger partial charge in [0.2, 0.25) is 5.91 Å². The molecule has 5 heteroatoms. The van der Waals surface area contributed by atoms with Gasteiger partial charge in [0, 0.05) is 37.1 Å². The molecular weight excluding hydrogens is 350 g/mol. The lowest BCUT2D eigenvalue weighted by Gasteiger charge is -2.30. The first kappa shape index (κ1) is 18.8. The summed E-state index contributed by atoms with van der Waals surface area (Å²) in [4.78, 5) is 19.9. The predicted octanol–water partition coefficient (Wildman–Crippen LogP) is 4.05. The molecule has 0 radical (unpaired) electrons. The van der Waals surface area contributed by atoms with Gasteiger partial charge in [0.15, 0.2) is 0 Å². The Balaban J connectivity index is 1.72. The van der Waals surface area contributed by atoms with E-state index in [1.54, 1.807) is 7.11 Å². The van der Waals surface area contributed by atoms with Gasteiger partial charge in [0.25, 0.3) is 0 Å². The van der Waals surface area contributed by atoms with Gasteiger partial charge in [-0.2, -0.15) is 0 Å². The molecule has 5 nitrogen and oxygen atoms in total. The van der Waals surface area contributed by atoms with E-state index in [1.165, 1.54) is 5.69 Å². The maximum absolute atomic E-state index is 13.3. The molecule has 2 saturated heterocycles. The van der Waals surface area contributed by atoms with Crippen LogP contribution in [0.4, 0.5) is 11.4 Å². The average Bonchev–Trinajstić information content (AvgIpc) is 3.32. The van der Waals surface area contributed by atoms with Gasteiger partial charge in [-0.1, -0.05) is 18.2 Å². The number of fused-ring (bicyclic) bond motifs is 1. The van der Waals surface area contributed by atoms with E-state index < -0.39 is 0 Å². The summed E-state index contributed by atoms with van der Waals surface area (Å²) in [5.74, 6) is 0.969.